The van der Waals surface area contributed by atoms with Gasteiger partial charge in [0.2, 0.25) is 15.9 Å². The second kappa shape index (κ2) is 13.0. The molecule has 0 fully saturated rings. The molecule has 1 rings (SSSR count). The molecule has 0 radical (unpaired) electrons. The van der Waals surface area contributed by atoms with Crippen LogP contribution < -0.4 is 5.32 Å². The van der Waals surface area contributed by atoms with Crippen molar-refractivity contribution in [2.45, 2.75) is 85.0 Å². The van der Waals surface area contributed by atoms with Gasteiger partial charge in [-0.1, -0.05) is 30.3 Å². The summed E-state index contributed by atoms with van der Waals surface area (Å²) in [5.74, 6) is -2.04. The van der Waals surface area contributed by atoms with Crippen molar-refractivity contribution >= 4 is 27.9 Å². The van der Waals surface area contributed by atoms with Crippen LogP contribution in [0, 0.1) is 0 Å². The maximum atomic E-state index is 12.8. The van der Waals surface area contributed by atoms with Crippen LogP contribution in [0.25, 0.3) is 0 Å². The van der Waals surface area contributed by atoms with Gasteiger partial charge in [-0.2, -0.15) is 4.31 Å². The Hall–Kier alpha value is -2.46. The van der Waals surface area contributed by atoms with Crippen LogP contribution in [0.15, 0.2) is 30.3 Å². The van der Waals surface area contributed by atoms with Crippen molar-refractivity contribution in [1.82, 2.24) is 9.62 Å². The van der Waals surface area contributed by atoms with Crippen LogP contribution >= 0.6 is 0 Å². The van der Waals surface area contributed by atoms with Crippen molar-refractivity contribution in [2.24, 2.45) is 0 Å². The highest BCUT2D eigenvalue weighted by molar-refractivity contribution is 7.89. The zero-order valence-electron chi connectivity index (χ0n) is 21.9. The van der Waals surface area contributed by atoms with E-state index in [9.17, 15) is 22.8 Å². The van der Waals surface area contributed by atoms with Gasteiger partial charge < -0.3 is 14.8 Å². The molecule has 1 aromatic carbocycles. The molecule has 0 spiro atoms. The van der Waals surface area contributed by atoms with Crippen molar-refractivity contribution in [3.8, 4) is 0 Å². The van der Waals surface area contributed by atoms with Gasteiger partial charge in [0, 0.05) is 13.0 Å². The summed E-state index contributed by atoms with van der Waals surface area (Å²) in [6, 6.07) is 8.21. The summed E-state index contributed by atoms with van der Waals surface area (Å²) in [4.78, 5) is 37.7. The number of amides is 1. The van der Waals surface area contributed by atoms with Gasteiger partial charge in [-0.25, -0.2) is 13.2 Å². The first-order chi connectivity index (χ1) is 16.0. The van der Waals surface area contributed by atoms with Crippen LogP contribution in [0.2, 0.25) is 0 Å². The summed E-state index contributed by atoms with van der Waals surface area (Å²) in [7, 11) is -3.67. The first-order valence-corrected chi connectivity index (χ1v) is 13.4. The summed E-state index contributed by atoms with van der Waals surface area (Å²) < 4.78 is 37.0. The molecule has 198 valence electrons. The maximum Gasteiger partial charge on any atom is 0.329 e. The van der Waals surface area contributed by atoms with E-state index in [2.05, 4.69) is 5.32 Å². The summed E-state index contributed by atoms with van der Waals surface area (Å²) >= 11 is 0. The number of sulfonamides is 1. The summed E-state index contributed by atoms with van der Waals surface area (Å²) in [6.07, 6.45) is 0.272. The molecule has 0 aliphatic carbocycles. The van der Waals surface area contributed by atoms with Gasteiger partial charge in [-0.05, 0) is 66.9 Å². The number of nitrogens with one attached hydrogen (secondary N) is 1. The monoisotopic (exact) mass is 512 g/mol. The number of rotatable bonds is 12. The molecule has 1 amide bonds. The molecule has 9 nitrogen and oxygen atoms in total. The number of carbonyl (C=O) groups is 3. The van der Waals surface area contributed by atoms with E-state index in [1.807, 2.05) is 30.3 Å². The highest BCUT2D eigenvalue weighted by Gasteiger charge is 2.30. The molecule has 0 aliphatic rings. The maximum absolute atomic E-state index is 12.8. The molecule has 0 saturated carbocycles. The van der Waals surface area contributed by atoms with Crippen molar-refractivity contribution in [1.29, 1.82) is 0 Å². The number of nitrogens with zero attached hydrogens (tertiary/aromatic N) is 1. The average Bonchev–Trinajstić information content (AvgIpc) is 2.72. The fourth-order valence-electron chi connectivity index (χ4n) is 3.07. The molecule has 0 aliphatic heterocycles. The van der Waals surface area contributed by atoms with Crippen LogP contribution in [0.1, 0.15) is 66.9 Å². The van der Waals surface area contributed by atoms with E-state index in [-0.39, 0.29) is 25.1 Å². The normalized spacial score (nSPS) is 13.3. The Morgan fingerprint density at radius 3 is 2.06 bits per heavy atom. The van der Waals surface area contributed by atoms with E-state index in [0.29, 0.717) is 6.42 Å². The Kier molecular flexibility index (Phi) is 11.4. The molecule has 0 bridgehead atoms. The van der Waals surface area contributed by atoms with Crippen molar-refractivity contribution in [2.75, 3.05) is 18.8 Å². The smallest absolute Gasteiger partial charge is 0.329 e. The van der Waals surface area contributed by atoms with Crippen LogP contribution in [0.5, 0.6) is 0 Å². The van der Waals surface area contributed by atoms with Crippen molar-refractivity contribution in [3.63, 3.8) is 0 Å². The molecular weight excluding hydrogens is 472 g/mol. The van der Waals surface area contributed by atoms with Gasteiger partial charge in [-0.3, -0.25) is 9.59 Å². The Balaban J connectivity index is 2.93. The van der Waals surface area contributed by atoms with E-state index in [0.717, 1.165) is 9.87 Å². The fraction of sp³-hybridized carbons (Fsp3) is 0.640. The molecule has 10 heteroatoms. The molecule has 0 aromatic heterocycles. The summed E-state index contributed by atoms with van der Waals surface area (Å²) in [5.41, 5.74) is -0.553. The zero-order chi connectivity index (χ0) is 26.9. The molecule has 35 heavy (non-hydrogen) atoms. The number of hydrogen-bond acceptors (Lipinski definition) is 7. The number of benzene rings is 1. The summed E-state index contributed by atoms with van der Waals surface area (Å²) in [6.45, 7) is 11.4. The van der Waals surface area contributed by atoms with E-state index in [1.54, 1.807) is 41.5 Å². The van der Waals surface area contributed by atoms with E-state index >= 15 is 0 Å². The Bertz CT molecular complexity index is 948. The minimum Gasteiger partial charge on any atom is -0.460 e. The first-order valence-electron chi connectivity index (χ1n) is 11.8. The van der Waals surface area contributed by atoms with Crippen LogP contribution in [0.3, 0.4) is 0 Å². The number of esters is 2. The van der Waals surface area contributed by atoms with Gasteiger partial charge in [0.1, 0.15) is 17.2 Å². The van der Waals surface area contributed by atoms with Crippen LogP contribution in [-0.2, 0) is 40.3 Å². The quantitative estimate of drug-likeness (QED) is 0.428. The van der Waals surface area contributed by atoms with Gasteiger partial charge in [0.05, 0.1) is 12.3 Å². The van der Waals surface area contributed by atoms with Gasteiger partial charge in [0.25, 0.3) is 0 Å². The molecule has 1 unspecified atom stereocenters. The van der Waals surface area contributed by atoms with E-state index < -0.39 is 51.7 Å². The Morgan fingerprint density at radius 2 is 1.54 bits per heavy atom. The SMILES string of the molecule is CCS(=O)(=O)N(CCc1ccccc1)CC(=O)NC(CCC(=O)OC(C)(C)C)C(=O)OC(C)(C)C. The summed E-state index contributed by atoms with van der Waals surface area (Å²) in [5, 5.41) is 2.56. The molecule has 1 atom stereocenters. The topological polar surface area (TPSA) is 119 Å². The number of ether oxygens (including phenoxy) is 2. The predicted molar refractivity (Wildman–Crippen MR) is 134 cm³/mol. The molecular formula is C25H40N2O7S. The minimum absolute atomic E-state index is 0.0416. The predicted octanol–water partition coefficient (Wildman–Crippen LogP) is 2.83. The zero-order valence-corrected chi connectivity index (χ0v) is 22.7. The lowest BCUT2D eigenvalue weighted by atomic mass is 10.1. The van der Waals surface area contributed by atoms with Crippen molar-refractivity contribution < 1.29 is 32.3 Å². The van der Waals surface area contributed by atoms with Gasteiger partial charge in [0.15, 0.2) is 0 Å². The molecule has 1 aromatic rings. The number of carbonyl (C=O) groups excluding carboxylic acids is 3. The molecule has 1 N–H and O–H groups in total. The van der Waals surface area contributed by atoms with Gasteiger partial charge >= 0.3 is 11.9 Å². The second-order valence-electron chi connectivity index (χ2n) is 10.2. The van der Waals surface area contributed by atoms with Gasteiger partial charge in [-0.15, -0.1) is 0 Å². The average molecular weight is 513 g/mol. The lowest BCUT2D eigenvalue weighted by Gasteiger charge is -2.26. The molecule has 0 heterocycles. The fourth-order valence-corrected chi connectivity index (χ4v) is 4.12. The first kappa shape index (κ1) is 30.6. The highest BCUT2D eigenvalue weighted by Crippen LogP contribution is 2.14. The number of hydrogen-bond donors (Lipinski definition) is 1. The van der Waals surface area contributed by atoms with E-state index in [4.69, 9.17) is 9.47 Å². The molecule has 0 saturated heterocycles. The highest BCUT2D eigenvalue weighted by atomic mass is 32.2. The minimum atomic E-state index is -3.67. The Labute approximate surface area is 209 Å². The second-order valence-corrected chi connectivity index (χ2v) is 12.5. The Morgan fingerprint density at radius 1 is 0.971 bits per heavy atom. The largest absolute Gasteiger partial charge is 0.460 e. The lowest BCUT2D eigenvalue weighted by molar-refractivity contribution is -0.160. The third-order valence-corrected chi connectivity index (χ3v) is 6.48. The third-order valence-electron chi connectivity index (χ3n) is 4.65. The standard InChI is InChI=1S/C25H40N2O7S/c1-8-35(31,32)27(17-16-19-12-10-9-11-13-19)18-21(28)26-20(23(30)34-25(5,6)7)14-15-22(29)33-24(2,3)4/h9-13,20H,8,14-18H2,1-7H3,(H,26,28). The lowest BCUT2D eigenvalue weighted by Crippen LogP contribution is -2.49. The van der Waals surface area contributed by atoms with Crippen LogP contribution in [0.4, 0.5) is 0 Å². The third kappa shape index (κ3) is 12.7. The van der Waals surface area contributed by atoms with Crippen LogP contribution in [-0.4, -0.2) is 66.7 Å². The van der Waals surface area contributed by atoms with E-state index in [1.165, 1.54) is 6.92 Å². The van der Waals surface area contributed by atoms with Crippen molar-refractivity contribution in [3.05, 3.63) is 35.9 Å².